The molecule has 0 unspecified atom stereocenters. The molecule has 5 nitrogen and oxygen atoms in total. The zero-order valence-electron chi connectivity index (χ0n) is 11.7. The molecule has 0 radical (unpaired) electrons. The van der Waals surface area contributed by atoms with Gasteiger partial charge in [0.1, 0.15) is 11.7 Å². The first-order valence-electron chi connectivity index (χ1n) is 6.69. The Morgan fingerprint density at radius 3 is 2.77 bits per heavy atom. The molecule has 2 aromatic rings. The van der Waals surface area contributed by atoms with Crippen LogP contribution in [0.15, 0.2) is 24.5 Å². The van der Waals surface area contributed by atoms with Gasteiger partial charge in [-0.15, -0.1) is 0 Å². The van der Waals surface area contributed by atoms with Crippen molar-refractivity contribution in [2.45, 2.75) is 19.1 Å². The van der Waals surface area contributed by atoms with Gasteiger partial charge in [0.05, 0.1) is 24.0 Å². The normalized spacial score (nSPS) is 12.0. The third-order valence-electron chi connectivity index (χ3n) is 3.13. The molecule has 0 atom stereocenters. The van der Waals surface area contributed by atoms with Gasteiger partial charge in [0, 0.05) is 25.9 Å². The van der Waals surface area contributed by atoms with E-state index in [1.807, 2.05) is 6.07 Å². The average Bonchev–Trinajstić information content (AvgIpc) is 2.85. The summed E-state index contributed by atoms with van der Waals surface area (Å²) in [4.78, 5) is 5.33. The minimum atomic E-state index is -4.31. The lowest BCUT2D eigenvalue weighted by Gasteiger charge is -2.23. The fraction of sp³-hybridized carbons (Fsp3) is 0.429. The van der Waals surface area contributed by atoms with Gasteiger partial charge in [0.15, 0.2) is 0 Å². The number of rotatable bonds is 6. The number of aromatic nitrogens is 2. The van der Waals surface area contributed by atoms with Crippen LogP contribution in [0.1, 0.15) is 17.7 Å². The second-order valence-corrected chi connectivity index (χ2v) is 4.91. The van der Waals surface area contributed by atoms with E-state index < -0.39 is 12.7 Å². The van der Waals surface area contributed by atoms with Gasteiger partial charge in [-0.05, 0) is 18.6 Å². The molecule has 0 aromatic carbocycles. The molecule has 2 heterocycles. The monoisotopic (exact) mass is 312 g/mol. The van der Waals surface area contributed by atoms with E-state index in [1.165, 1.54) is 11.1 Å². The van der Waals surface area contributed by atoms with Crippen molar-refractivity contribution < 1.29 is 18.3 Å². The van der Waals surface area contributed by atoms with Crippen molar-refractivity contribution >= 4 is 5.65 Å². The zero-order chi connectivity index (χ0) is 16.2. The van der Waals surface area contributed by atoms with Crippen molar-refractivity contribution in [3.63, 3.8) is 0 Å². The Hall–Kier alpha value is -2.11. The number of aliphatic hydroxyl groups is 1. The van der Waals surface area contributed by atoms with E-state index >= 15 is 0 Å². The largest absolute Gasteiger partial charge is 0.401 e. The topological polar surface area (TPSA) is 64.6 Å². The van der Waals surface area contributed by atoms with Crippen LogP contribution in [0, 0.1) is 11.3 Å². The molecular formula is C14H15F3N4O. The number of nitrogens with zero attached hydrogens (tertiary/aromatic N) is 4. The van der Waals surface area contributed by atoms with Gasteiger partial charge in [-0.2, -0.15) is 18.4 Å². The molecule has 8 heteroatoms. The number of hydrogen-bond acceptors (Lipinski definition) is 4. The van der Waals surface area contributed by atoms with Crippen molar-refractivity contribution in [2.75, 3.05) is 19.7 Å². The summed E-state index contributed by atoms with van der Waals surface area (Å²) >= 11 is 0. The van der Waals surface area contributed by atoms with Crippen LogP contribution in [0.25, 0.3) is 5.65 Å². The van der Waals surface area contributed by atoms with Gasteiger partial charge < -0.3 is 9.51 Å². The lowest BCUT2D eigenvalue weighted by atomic mass is 10.3. The van der Waals surface area contributed by atoms with E-state index in [4.69, 9.17) is 10.4 Å². The van der Waals surface area contributed by atoms with E-state index in [-0.39, 0.29) is 26.1 Å². The summed E-state index contributed by atoms with van der Waals surface area (Å²) in [6.45, 7) is -1.06. The fourth-order valence-corrected chi connectivity index (χ4v) is 2.21. The fourth-order valence-electron chi connectivity index (χ4n) is 2.21. The number of pyridine rings is 1. The van der Waals surface area contributed by atoms with Gasteiger partial charge in [-0.3, -0.25) is 4.90 Å². The molecule has 2 aromatic heterocycles. The highest BCUT2D eigenvalue weighted by Crippen LogP contribution is 2.19. The summed E-state index contributed by atoms with van der Waals surface area (Å²) in [6.07, 6.45) is -1.00. The summed E-state index contributed by atoms with van der Waals surface area (Å²) in [6, 6.07) is 5.23. The van der Waals surface area contributed by atoms with Crippen LogP contribution in [0.3, 0.4) is 0 Å². The van der Waals surface area contributed by atoms with Crippen LogP contribution < -0.4 is 0 Å². The van der Waals surface area contributed by atoms with Gasteiger partial charge in [0.2, 0.25) is 0 Å². The van der Waals surface area contributed by atoms with Crippen LogP contribution in [0.4, 0.5) is 13.2 Å². The average molecular weight is 312 g/mol. The predicted octanol–water partition coefficient (Wildman–Crippen LogP) is 1.95. The number of halogens is 3. The zero-order valence-corrected chi connectivity index (χ0v) is 11.7. The van der Waals surface area contributed by atoms with E-state index in [9.17, 15) is 13.2 Å². The molecule has 0 fully saturated rings. The maximum absolute atomic E-state index is 12.6. The minimum Gasteiger partial charge on any atom is -0.396 e. The Bertz CT molecular complexity index is 675. The molecule has 22 heavy (non-hydrogen) atoms. The van der Waals surface area contributed by atoms with Crippen molar-refractivity contribution in [3.05, 3.63) is 35.8 Å². The number of nitriles is 1. The highest BCUT2D eigenvalue weighted by atomic mass is 19.4. The van der Waals surface area contributed by atoms with Crippen molar-refractivity contribution in [2.24, 2.45) is 0 Å². The second kappa shape index (κ2) is 6.77. The van der Waals surface area contributed by atoms with E-state index in [1.54, 1.807) is 22.7 Å². The van der Waals surface area contributed by atoms with Crippen LogP contribution in [-0.4, -0.2) is 45.3 Å². The Balaban J connectivity index is 2.23. The summed E-state index contributed by atoms with van der Waals surface area (Å²) in [7, 11) is 0. The highest BCUT2D eigenvalue weighted by Gasteiger charge is 2.30. The quantitative estimate of drug-likeness (QED) is 0.885. The van der Waals surface area contributed by atoms with E-state index in [2.05, 4.69) is 4.98 Å². The van der Waals surface area contributed by atoms with Crippen LogP contribution in [0.2, 0.25) is 0 Å². The molecule has 0 aliphatic rings. The third kappa shape index (κ3) is 4.19. The van der Waals surface area contributed by atoms with Crippen molar-refractivity contribution in [1.82, 2.24) is 14.3 Å². The van der Waals surface area contributed by atoms with Crippen LogP contribution >= 0.6 is 0 Å². The summed E-state index contributed by atoms with van der Waals surface area (Å²) in [5.74, 6) is 0. The predicted molar refractivity (Wildman–Crippen MR) is 72.9 cm³/mol. The first kappa shape index (κ1) is 16.3. The molecule has 0 saturated carbocycles. The van der Waals surface area contributed by atoms with Crippen molar-refractivity contribution in [1.29, 1.82) is 5.26 Å². The first-order valence-corrected chi connectivity index (χ1v) is 6.69. The lowest BCUT2D eigenvalue weighted by Crippen LogP contribution is -2.35. The molecule has 0 saturated heterocycles. The number of imidazole rings is 1. The second-order valence-electron chi connectivity index (χ2n) is 4.91. The van der Waals surface area contributed by atoms with Gasteiger partial charge in [-0.25, -0.2) is 4.98 Å². The maximum atomic E-state index is 12.6. The summed E-state index contributed by atoms with van der Waals surface area (Å²) in [5, 5.41) is 17.7. The molecule has 118 valence electrons. The number of aliphatic hydroxyl groups excluding tert-OH is 1. The number of alkyl halides is 3. The molecule has 0 aliphatic carbocycles. The molecule has 0 bridgehead atoms. The molecule has 2 rings (SSSR count). The standard InChI is InChI=1S/C14H15F3N4O/c15-14(16,17)10-20(4-1-5-22)9-12-7-19-13-3-2-11(6-18)8-21(12)13/h2-3,7-8,22H,1,4-5,9-10H2. The molecule has 0 aliphatic heterocycles. The number of fused-ring (bicyclic) bond motifs is 1. The minimum absolute atomic E-state index is 0.0373. The van der Waals surface area contributed by atoms with Gasteiger partial charge in [-0.1, -0.05) is 0 Å². The summed E-state index contributed by atoms with van der Waals surface area (Å²) < 4.78 is 39.5. The lowest BCUT2D eigenvalue weighted by molar-refractivity contribution is -0.147. The smallest absolute Gasteiger partial charge is 0.396 e. The maximum Gasteiger partial charge on any atom is 0.401 e. The van der Waals surface area contributed by atoms with E-state index in [0.29, 0.717) is 16.9 Å². The number of hydrogen-bond donors (Lipinski definition) is 1. The van der Waals surface area contributed by atoms with Gasteiger partial charge >= 0.3 is 6.18 Å². The molecule has 0 amide bonds. The Morgan fingerprint density at radius 2 is 2.14 bits per heavy atom. The molecular weight excluding hydrogens is 297 g/mol. The first-order chi connectivity index (χ1) is 10.4. The van der Waals surface area contributed by atoms with Crippen LogP contribution in [0.5, 0.6) is 0 Å². The van der Waals surface area contributed by atoms with Gasteiger partial charge in [0.25, 0.3) is 0 Å². The Kier molecular flexibility index (Phi) is 5.00. The molecule has 0 spiro atoms. The Morgan fingerprint density at radius 1 is 1.36 bits per heavy atom. The van der Waals surface area contributed by atoms with E-state index in [0.717, 1.165) is 0 Å². The Labute approximate surface area is 125 Å². The summed E-state index contributed by atoms with van der Waals surface area (Å²) in [5.41, 5.74) is 1.54. The van der Waals surface area contributed by atoms with Crippen molar-refractivity contribution in [3.8, 4) is 6.07 Å². The highest BCUT2D eigenvalue weighted by molar-refractivity contribution is 5.44. The van der Waals surface area contributed by atoms with Crippen LogP contribution in [-0.2, 0) is 6.54 Å². The third-order valence-corrected chi connectivity index (χ3v) is 3.13. The molecule has 1 N–H and O–H groups in total. The SMILES string of the molecule is N#Cc1ccc2ncc(CN(CCCO)CC(F)(F)F)n2c1.